The van der Waals surface area contributed by atoms with Gasteiger partial charge in [-0.15, -0.1) is 0 Å². The molecule has 0 bridgehead atoms. The minimum Gasteiger partial charge on any atom is -0.756 e. The first-order valence-corrected chi connectivity index (χ1v) is 34.2. The summed E-state index contributed by atoms with van der Waals surface area (Å²) in [4.78, 5) is 40.0. The number of quaternary nitrogens is 1. The van der Waals surface area contributed by atoms with Crippen LogP contribution in [-0.2, 0) is 27.9 Å². The molecule has 0 aliphatic rings. The number of likely N-dealkylation sites (N-methyl/N-ethyl adjacent to an activating group) is 1. The monoisotopic (exact) mass is 1110 g/mol. The van der Waals surface area contributed by atoms with E-state index >= 15 is 0 Å². The molecular formula is C68H125N2O7P. The molecule has 78 heavy (non-hydrogen) atoms. The van der Waals surface area contributed by atoms with Crippen LogP contribution >= 0.6 is 7.82 Å². The Balaban J connectivity index is 5.00. The highest BCUT2D eigenvalue weighted by Gasteiger charge is 2.27. The molecule has 1 amide bonds. The van der Waals surface area contributed by atoms with Gasteiger partial charge in [0, 0.05) is 12.8 Å². The second kappa shape index (κ2) is 57.7. The number of rotatable bonds is 59. The molecule has 0 saturated heterocycles. The highest BCUT2D eigenvalue weighted by molar-refractivity contribution is 7.45. The van der Waals surface area contributed by atoms with Crippen LogP contribution in [0.1, 0.15) is 297 Å². The average molecular weight is 1110 g/mol. The number of amides is 1. The van der Waals surface area contributed by atoms with Crippen molar-refractivity contribution in [1.82, 2.24) is 5.32 Å². The Hall–Kier alpha value is -2.55. The van der Waals surface area contributed by atoms with Crippen molar-refractivity contribution in [3.63, 3.8) is 0 Å². The molecule has 454 valence electrons. The van der Waals surface area contributed by atoms with Gasteiger partial charge in [0.25, 0.3) is 7.82 Å². The fourth-order valence-corrected chi connectivity index (χ4v) is 10.1. The third-order valence-corrected chi connectivity index (χ3v) is 15.3. The maximum atomic E-state index is 13.5. The van der Waals surface area contributed by atoms with Crippen LogP contribution in [0.4, 0.5) is 0 Å². The number of hydrogen-bond donors (Lipinski definition) is 1. The average Bonchev–Trinajstić information content (AvgIpc) is 3.40. The Morgan fingerprint density at radius 1 is 0.462 bits per heavy atom. The molecule has 10 heteroatoms. The van der Waals surface area contributed by atoms with Gasteiger partial charge in [-0.25, -0.2) is 0 Å². The molecule has 0 spiro atoms. The van der Waals surface area contributed by atoms with Crippen LogP contribution in [0.2, 0.25) is 0 Å². The predicted molar refractivity (Wildman–Crippen MR) is 335 cm³/mol. The number of hydrogen-bond acceptors (Lipinski definition) is 7. The number of phosphoric acid groups is 1. The van der Waals surface area contributed by atoms with Crippen LogP contribution in [-0.4, -0.2) is 69.4 Å². The van der Waals surface area contributed by atoms with Crippen molar-refractivity contribution >= 4 is 19.7 Å². The smallest absolute Gasteiger partial charge is 0.306 e. The zero-order valence-electron chi connectivity index (χ0n) is 51.9. The number of ether oxygens (including phenoxy) is 1. The Morgan fingerprint density at radius 2 is 0.821 bits per heavy atom. The second-order valence-corrected chi connectivity index (χ2v) is 24.6. The summed E-state index contributed by atoms with van der Waals surface area (Å²) in [6.45, 7) is 6.70. The summed E-state index contributed by atoms with van der Waals surface area (Å²) in [5, 5.41) is 3.01. The predicted octanol–water partition coefficient (Wildman–Crippen LogP) is 19.8. The first-order chi connectivity index (χ1) is 37.9. The summed E-state index contributed by atoms with van der Waals surface area (Å²) < 4.78 is 30.3. The van der Waals surface area contributed by atoms with Crippen LogP contribution in [0.3, 0.4) is 0 Å². The van der Waals surface area contributed by atoms with E-state index in [-0.39, 0.29) is 24.9 Å². The lowest BCUT2D eigenvalue weighted by Gasteiger charge is -2.30. The van der Waals surface area contributed by atoms with Crippen molar-refractivity contribution in [3.8, 4) is 0 Å². The molecule has 0 aromatic rings. The fraction of sp³-hybridized carbons (Fsp3) is 0.794. The Morgan fingerprint density at radius 3 is 1.26 bits per heavy atom. The third kappa shape index (κ3) is 58.1. The van der Waals surface area contributed by atoms with Crippen LogP contribution in [0.5, 0.6) is 0 Å². The van der Waals surface area contributed by atoms with E-state index < -0.39 is 26.6 Å². The van der Waals surface area contributed by atoms with Gasteiger partial charge in [-0.2, -0.15) is 0 Å². The largest absolute Gasteiger partial charge is 0.756 e. The molecular weight excluding hydrogens is 988 g/mol. The third-order valence-electron chi connectivity index (χ3n) is 14.4. The van der Waals surface area contributed by atoms with Gasteiger partial charge in [0.2, 0.25) is 5.91 Å². The van der Waals surface area contributed by atoms with Crippen molar-refractivity contribution in [3.05, 3.63) is 72.9 Å². The minimum absolute atomic E-state index is 0.0281. The van der Waals surface area contributed by atoms with E-state index in [1.54, 1.807) is 0 Å². The number of carbonyl (C=O) groups excluding carboxylic acids is 2. The lowest BCUT2D eigenvalue weighted by molar-refractivity contribution is -0.870. The topological polar surface area (TPSA) is 114 Å². The van der Waals surface area contributed by atoms with Crippen LogP contribution in [0.25, 0.3) is 0 Å². The van der Waals surface area contributed by atoms with Gasteiger partial charge in [0.15, 0.2) is 0 Å². The molecule has 0 rings (SSSR count). The van der Waals surface area contributed by atoms with Gasteiger partial charge < -0.3 is 28.5 Å². The first-order valence-electron chi connectivity index (χ1n) is 32.7. The molecule has 9 nitrogen and oxygen atoms in total. The van der Waals surface area contributed by atoms with E-state index in [4.69, 9.17) is 13.8 Å². The normalized spacial score (nSPS) is 14.1. The van der Waals surface area contributed by atoms with Gasteiger partial charge >= 0.3 is 5.97 Å². The van der Waals surface area contributed by atoms with Crippen LogP contribution < -0.4 is 10.2 Å². The standard InChI is InChI=1S/C68H125N2O7P/c1-7-10-13-16-19-22-25-27-29-30-31-32-33-34-35-36-37-38-39-40-41-43-46-49-52-55-58-61-68(72)77-66(59-56-53-50-47-44-24-21-18-15-12-9-3)65(64-76-78(73,74)75-63-62-70(4,5)6)69-67(71)60-57-54-51-48-45-42-28-26-23-20-17-14-11-8-2/h11,14,19-20,22-23,27-29,42,56,59,65-66H,7-10,12-13,15-18,21,24-26,30-41,43-55,57-58,60-64H2,1-6H3,(H-,69,71,73,74)/b14-11+,22-19-,23-20+,29-27-,42-28+,59-56-. The fourth-order valence-electron chi connectivity index (χ4n) is 9.33. The molecule has 0 aromatic heterocycles. The van der Waals surface area contributed by atoms with Gasteiger partial charge in [-0.3, -0.25) is 14.2 Å². The van der Waals surface area contributed by atoms with Crippen molar-refractivity contribution < 1.29 is 37.3 Å². The second-order valence-electron chi connectivity index (χ2n) is 23.2. The summed E-state index contributed by atoms with van der Waals surface area (Å²) >= 11 is 0. The highest BCUT2D eigenvalue weighted by Crippen LogP contribution is 2.38. The number of esters is 1. The van der Waals surface area contributed by atoms with Crippen LogP contribution in [0.15, 0.2) is 72.9 Å². The first kappa shape index (κ1) is 75.5. The van der Waals surface area contributed by atoms with E-state index in [1.807, 2.05) is 33.3 Å². The molecule has 0 aromatic carbocycles. The molecule has 0 radical (unpaired) electrons. The molecule has 0 heterocycles. The van der Waals surface area contributed by atoms with Crippen molar-refractivity contribution in [2.45, 2.75) is 309 Å². The lowest BCUT2D eigenvalue weighted by Crippen LogP contribution is -2.47. The summed E-state index contributed by atoms with van der Waals surface area (Å²) in [5.74, 6) is -0.562. The summed E-state index contributed by atoms with van der Waals surface area (Å²) in [6, 6.07) is -0.900. The van der Waals surface area contributed by atoms with Gasteiger partial charge in [-0.05, 0) is 96.0 Å². The highest BCUT2D eigenvalue weighted by atomic mass is 31.2. The SMILES string of the molecule is CC/C=C/C/C=C/C/C=C/CCCCCCC(=O)NC(COP(=O)([O-])OCC[N+](C)(C)C)C(/C=C\CCCCCCCCCCC)OC(=O)CCCCCCCCCCCCCCCCCCC/C=C\C/C=C\CCCCC. The zero-order valence-corrected chi connectivity index (χ0v) is 52.8. The van der Waals surface area contributed by atoms with Gasteiger partial charge in [-0.1, -0.05) is 261 Å². The van der Waals surface area contributed by atoms with Gasteiger partial charge in [0.1, 0.15) is 19.3 Å². The van der Waals surface area contributed by atoms with E-state index in [0.717, 1.165) is 89.9 Å². The Bertz CT molecular complexity index is 1570. The molecule has 0 aliphatic carbocycles. The quantitative estimate of drug-likeness (QED) is 0.0212. The number of nitrogens with one attached hydrogen (secondary N) is 1. The number of nitrogens with zero attached hydrogens (tertiary/aromatic N) is 1. The molecule has 0 fully saturated rings. The van der Waals surface area contributed by atoms with Crippen molar-refractivity contribution in [2.24, 2.45) is 0 Å². The van der Waals surface area contributed by atoms with E-state index in [1.165, 1.54) is 167 Å². The van der Waals surface area contributed by atoms with E-state index in [2.05, 4.69) is 86.8 Å². The number of unbranched alkanes of at least 4 members (excludes halogenated alkanes) is 33. The number of phosphoric ester groups is 1. The number of carbonyl (C=O) groups is 2. The molecule has 0 saturated carbocycles. The molecule has 3 atom stereocenters. The van der Waals surface area contributed by atoms with Crippen molar-refractivity contribution in [2.75, 3.05) is 40.9 Å². The molecule has 3 unspecified atom stereocenters. The number of allylic oxidation sites excluding steroid dienone is 11. The van der Waals surface area contributed by atoms with Crippen LogP contribution in [0, 0.1) is 0 Å². The zero-order chi connectivity index (χ0) is 57.2. The summed E-state index contributed by atoms with van der Waals surface area (Å²) in [5.41, 5.74) is 0. The maximum absolute atomic E-state index is 13.5. The van der Waals surface area contributed by atoms with Crippen molar-refractivity contribution in [1.29, 1.82) is 0 Å². The molecule has 0 aliphatic heterocycles. The van der Waals surface area contributed by atoms with E-state index in [9.17, 15) is 19.0 Å². The summed E-state index contributed by atoms with van der Waals surface area (Å²) in [6.07, 6.45) is 74.6. The van der Waals surface area contributed by atoms with Gasteiger partial charge in [0.05, 0.1) is 33.8 Å². The molecule has 1 N–H and O–H groups in total. The summed E-state index contributed by atoms with van der Waals surface area (Å²) in [7, 11) is 1.17. The maximum Gasteiger partial charge on any atom is 0.306 e. The van der Waals surface area contributed by atoms with E-state index in [0.29, 0.717) is 23.9 Å². The minimum atomic E-state index is -4.70. The Kier molecular flexibility index (Phi) is 55.8. The lowest BCUT2D eigenvalue weighted by atomic mass is 10.0. The Labute approximate surface area is 483 Å².